The number of phenolic OH excluding ortho intramolecular Hbond substituents is 2. The van der Waals surface area contributed by atoms with Crippen LogP contribution < -0.4 is 4.72 Å². The first kappa shape index (κ1) is 9.82. The summed E-state index contributed by atoms with van der Waals surface area (Å²) in [6.07, 6.45) is 0. The van der Waals surface area contributed by atoms with Crippen molar-refractivity contribution in [2.75, 3.05) is 7.05 Å². The van der Waals surface area contributed by atoms with Crippen molar-refractivity contribution < 1.29 is 18.6 Å². The predicted molar refractivity (Wildman–Crippen MR) is 46.0 cm³/mol. The molecule has 0 amide bonds. The molecule has 0 heterocycles. The van der Waals surface area contributed by atoms with Crippen molar-refractivity contribution in [2.24, 2.45) is 0 Å². The molecule has 6 heteroatoms. The Morgan fingerprint density at radius 2 is 1.92 bits per heavy atom. The Hall–Kier alpha value is -1.27. The molecule has 5 nitrogen and oxygen atoms in total. The van der Waals surface area contributed by atoms with Gasteiger partial charge in [0.15, 0.2) is 0 Å². The topological polar surface area (TPSA) is 86.6 Å². The lowest BCUT2D eigenvalue weighted by atomic mass is 10.3. The molecule has 0 unspecified atom stereocenters. The minimum absolute atomic E-state index is 0.216. The molecule has 0 radical (unpaired) electrons. The smallest absolute Gasteiger partial charge is 0.244 e. The lowest BCUT2D eigenvalue weighted by molar-refractivity contribution is 0.445. The van der Waals surface area contributed by atoms with Crippen molar-refractivity contribution in [3.63, 3.8) is 0 Å². The molecule has 1 aromatic carbocycles. The Kier molecular flexibility index (Phi) is 2.44. The summed E-state index contributed by atoms with van der Waals surface area (Å²) in [5.74, 6) is -0.612. The van der Waals surface area contributed by atoms with Gasteiger partial charge in [-0.05, 0) is 19.2 Å². The van der Waals surface area contributed by atoms with Crippen molar-refractivity contribution in [1.29, 1.82) is 0 Å². The number of sulfonamides is 1. The van der Waals surface area contributed by atoms with Crippen LogP contribution in [0.3, 0.4) is 0 Å². The molecule has 0 atom stereocenters. The molecule has 3 N–H and O–H groups in total. The lowest BCUT2D eigenvalue weighted by Gasteiger charge is -2.04. The predicted octanol–water partition coefficient (Wildman–Crippen LogP) is 0.00590. The Morgan fingerprint density at radius 1 is 1.31 bits per heavy atom. The van der Waals surface area contributed by atoms with Crippen LogP contribution >= 0.6 is 0 Å². The molecule has 1 aromatic rings. The highest BCUT2D eigenvalue weighted by Crippen LogP contribution is 2.25. The summed E-state index contributed by atoms with van der Waals surface area (Å²) in [6, 6.07) is 3.28. The zero-order valence-corrected chi connectivity index (χ0v) is 7.67. The number of rotatable bonds is 2. The van der Waals surface area contributed by atoms with Crippen LogP contribution in [0.15, 0.2) is 23.1 Å². The van der Waals surface area contributed by atoms with Crippen LogP contribution in [0.25, 0.3) is 0 Å². The van der Waals surface area contributed by atoms with Gasteiger partial charge in [0.2, 0.25) is 10.0 Å². The maximum absolute atomic E-state index is 11.2. The van der Waals surface area contributed by atoms with E-state index in [0.29, 0.717) is 0 Å². The maximum atomic E-state index is 11.2. The first-order chi connectivity index (χ1) is 5.97. The normalized spacial score (nSPS) is 11.5. The summed E-state index contributed by atoms with van der Waals surface area (Å²) < 4.78 is 24.4. The van der Waals surface area contributed by atoms with E-state index in [9.17, 15) is 13.5 Å². The highest BCUT2D eigenvalue weighted by Gasteiger charge is 2.16. The van der Waals surface area contributed by atoms with E-state index in [2.05, 4.69) is 0 Å². The van der Waals surface area contributed by atoms with E-state index in [0.717, 1.165) is 12.1 Å². The number of hydrogen-bond donors (Lipinski definition) is 3. The summed E-state index contributed by atoms with van der Waals surface area (Å²) >= 11 is 0. The number of benzene rings is 1. The van der Waals surface area contributed by atoms with E-state index >= 15 is 0 Å². The van der Waals surface area contributed by atoms with Gasteiger partial charge in [-0.3, -0.25) is 0 Å². The maximum Gasteiger partial charge on any atom is 0.244 e. The summed E-state index contributed by atoms with van der Waals surface area (Å²) in [4.78, 5) is -0.338. The summed E-state index contributed by atoms with van der Waals surface area (Å²) in [7, 11) is -2.49. The van der Waals surface area contributed by atoms with Crippen LogP contribution in [0.1, 0.15) is 0 Å². The number of nitrogens with one attached hydrogen (secondary N) is 1. The first-order valence-corrected chi connectivity index (χ1v) is 4.91. The van der Waals surface area contributed by atoms with Crippen LogP contribution in [0, 0.1) is 0 Å². The quantitative estimate of drug-likeness (QED) is 0.591. The zero-order chi connectivity index (χ0) is 10.1. The molecule has 0 aliphatic rings. The average molecular weight is 203 g/mol. The van der Waals surface area contributed by atoms with E-state index in [4.69, 9.17) is 5.11 Å². The van der Waals surface area contributed by atoms with Crippen molar-refractivity contribution in [3.8, 4) is 11.5 Å². The van der Waals surface area contributed by atoms with Gasteiger partial charge in [0.25, 0.3) is 0 Å². The van der Waals surface area contributed by atoms with E-state index in [1.54, 1.807) is 0 Å². The minimum atomic E-state index is -3.71. The van der Waals surface area contributed by atoms with Gasteiger partial charge < -0.3 is 10.2 Å². The Labute approximate surface area is 75.7 Å². The van der Waals surface area contributed by atoms with Gasteiger partial charge in [-0.15, -0.1) is 0 Å². The Bertz CT molecular complexity index is 413. The molecule has 13 heavy (non-hydrogen) atoms. The van der Waals surface area contributed by atoms with Crippen molar-refractivity contribution in [1.82, 2.24) is 4.72 Å². The van der Waals surface area contributed by atoms with Crippen LogP contribution in [0.4, 0.5) is 0 Å². The second kappa shape index (κ2) is 3.23. The van der Waals surface area contributed by atoms with Crippen LogP contribution in [0.2, 0.25) is 0 Å². The molecule has 1 rings (SSSR count). The molecule has 0 saturated carbocycles. The lowest BCUT2D eigenvalue weighted by Crippen LogP contribution is -2.18. The number of hydrogen-bond acceptors (Lipinski definition) is 4. The third kappa shape index (κ3) is 1.90. The fourth-order valence-corrected chi connectivity index (χ4v) is 1.67. The largest absolute Gasteiger partial charge is 0.508 e. The zero-order valence-electron chi connectivity index (χ0n) is 6.85. The monoisotopic (exact) mass is 203 g/mol. The second-order valence-electron chi connectivity index (χ2n) is 2.36. The number of aromatic hydroxyl groups is 2. The average Bonchev–Trinajstić information content (AvgIpc) is 2.09. The molecule has 0 aromatic heterocycles. The minimum Gasteiger partial charge on any atom is -0.508 e. The van der Waals surface area contributed by atoms with E-state index in [1.807, 2.05) is 4.72 Å². The van der Waals surface area contributed by atoms with Gasteiger partial charge in [0.1, 0.15) is 16.4 Å². The molecule has 0 spiro atoms. The molecular formula is C7H9NO4S. The third-order valence-corrected chi connectivity index (χ3v) is 2.95. The molecule has 0 fully saturated rings. The molecule has 72 valence electrons. The van der Waals surface area contributed by atoms with E-state index < -0.39 is 15.8 Å². The Balaban J connectivity index is 3.38. The van der Waals surface area contributed by atoms with Crippen molar-refractivity contribution in [3.05, 3.63) is 18.2 Å². The van der Waals surface area contributed by atoms with Gasteiger partial charge in [-0.25, -0.2) is 13.1 Å². The third-order valence-electron chi connectivity index (χ3n) is 1.50. The molecule has 0 saturated heterocycles. The number of phenols is 2. The van der Waals surface area contributed by atoms with Gasteiger partial charge in [-0.2, -0.15) is 0 Å². The van der Waals surface area contributed by atoms with E-state index in [-0.39, 0.29) is 10.6 Å². The van der Waals surface area contributed by atoms with Gasteiger partial charge in [-0.1, -0.05) is 0 Å². The molecular weight excluding hydrogens is 194 g/mol. The SMILES string of the molecule is CNS(=O)(=O)c1cc(O)ccc1O. The van der Waals surface area contributed by atoms with E-state index in [1.165, 1.54) is 13.1 Å². The summed E-state index contributed by atoms with van der Waals surface area (Å²) in [5, 5.41) is 18.2. The summed E-state index contributed by atoms with van der Waals surface area (Å²) in [5.41, 5.74) is 0. The fourth-order valence-electron chi connectivity index (χ4n) is 0.828. The van der Waals surface area contributed by atoms with Crippen molar-refractivity contribution in [2.45, 2.75) is 4.90 Å². The van der Waals surface area contributed by atoms with Crippen LogP contribution in [-0.4, -0.2) is 25.7 Å². The van der Waals surface area contributed by atoms with Gasteiger partial charge >= 0.3 is 0 Å². The second-order valence-corrected chi connectivity index (χ2v) is 4.21. The van der Waals surface area contributed by atoms with Crippen LogP contribution in [-0.2, 0) is 10.0 Å². The standard InChI is InChI=1S/C7H9NO4S/c1-8-13(11,12)7-4-5(9)2-3-6(7)10/h2-4,8-10H,1H3. The summed E-state index contributed by atoms with van der Waals surface area (Å²) in [6.45, 7) is 0. The van der Waals surface area contributed by atoms with Crippen molar-refractivity contribution >= 4 is 10.0 Å². The molecule has 0 bridgehead atoms. The van der Waals surface area contributed by atoms with Gasteiger partial charge in [0.05, 0.1) is 0 Å². The first-order valence-electron chi connectivity index (χ1n) is 3.43. The fraction of sp³-hybridized carbons (Fsp3) is 0.143. The van der Waals surface area contributed by atoms with Gasteiger partial charge in [0, 0.05) is 6.07 Å². The highest BCUT2D eigenvalue weighted by molar-refractivity contribution is 7.89. The molecule has 0 aliphatic heterocycles. The van der Waals surface area contributed by atoms with Crippen LogP contribution in [0.5, 0.6) is 11.5 Å². The molecule has 0 aliphatic carbocycles. The Morgan fingerprint density at radius 3 is 2.46 bits per heavy atom. The highest BCUT2D eigenvalue weighted by atomic mass is 32.2.